The maximum Gasteiger partial charge on any atom is 0.0355 e. The molecule has 20 heavy (non-hydrogen) atoms. The maximum absolute atomic E-state index is 3.53. The summed E-state index contributed by atoms with van der Waals surface area (Å²) < 4.78 is 0. The van der Waals surface area contributed by atoms with E-state index in [1.165, 1.54) is 56.9 Å². The van der Waals surface area contributed by atoms with Gasteiger partial charge in [0, 0.05) is 6.04 Å². The topological polar surface area (TPSA) is 12.0 Å². The highest BCUT2D eigenvalue weighted by Crippen LogP contribution is 2.37. The predicted molar refractivity (Wildman–Crippen MR) is 86.0 cm³/mol. The second-order valence-corrected chi connectivity index (χ2v) is 6.45. The normalized spacial score (nSPS) is 21.1. The van der Waals surface area contributed by atoms with E-state index in [0.717, 1.165) is 5.92 Å². The van der Waals surface area contributed by atoms with Gasteiger partial charge in [0.15, 0.2) is 0 Å². The first-order chi connectivity index (χ1) is 9.86. The van der Waals surface area contributed by atoms with Gasteiger partial charge in [0.2, 0.25) is 0 Å². The monoisotopic (exact) mass is 269 g/mol. The quantitative estimate of drug-likeness (QED) is 0.733. The third kappa shape index (κ3) is 3.15. The number of rotatable bonds is 5. The fourth-order valence-electron chi connectivity index (χ4n) is 3.51. The van der Waals surface area contributed by atoms with E-state index in [0.29, 0.717) is 6.04 Å². The van der Waals surface area contributed by atoms with Crippen LogP contribution in [0.2, 0.25) is 0 Å². The SMILES string of the molecule is CNC(CC1=CCCCC1)c1cccc(C2CCC2)c1. The Morgan fingerprint density at radius 3 is 2.75 bits per heavy atom. The van der Waals surface area contributed by atoms with Crippen molar-refractivity contribution < 1.29 is 0 Å². The molecule has 0 spiro atoms. The molecular weight excluding hydrogens is 242 g/mol. The molecule has 0 heterocycles. The first-order valence-corrected chi connectivity index (χ1v) is 8.32. The van der Waals surface area contributed by atoms with Gasteiger partial charge in [0.25, 0.3) is 0 Å². The summed E-state index contributed by atoms with van der Waals surface area (Å²) in [5.74, 6) is 0.835. The molecule has 1 saturated carbocycles. The Kier molecular flexibility index (Phi) is 4.57. The number of allylic oxidation sites excluding steroid dienone is 1. The summed E-state index contributed by atoms with van der Waals surface area (Å²) >= 11 is 0. The molecule has 1 fully saturated rings. The molecule has 1 aromatic carbocycles. The van der Waals surface area contributed by atoms with Gasteiger partial charge in [0.1, 0.15) is 0 Å². The lowest BCUT2D eigenvalue weighted by Crippen LogP contribution is -2.18. The summed E-state index contributed by atoms with van der Waals surface area (Å²) in [7, 11) is 2.10. The van der Waals surface area contributed by atoms with E-state index < -0.39 is 0 Å². The summed E-state index contributed by atoms with van der Waals surface area (Å²) in [6.45, 7) is 0. The maximum atomic E-state index is 3.53. The molecule has 0 bridgehead atoms. The van der Waals surface area contributed by atoms with Gasteiger partial charge in [-0.05, 0) is 69.0 Å². The first kappa shape index (κ1) is 13.9. The summed E-state index contributed by atoms with van der Waals surface area (Å²) in [5, 5.41) is 3.53. The van der Waals surface area contributed by atoms with Crippen LogP contribution in [-0.2, 0) is 0 Å². The fourth-order valence-corrected chi connectivity index (χ4v) is 3.51. The van der Waals surface area contributed by atoms with Crippen molar-refractivity contribution in [2.45, 2.75) is 63.3 Å². The van der Waals surface area contributed by atoms with Crippen LogP contribution in [0.5, 0.6) is 0 Å². The van der Waals surface area contributed by atoms with Gasteiger partial charge in [-0.15, -0.1) is 0 Å². The zero-order valence-corrected chi connectivity index (χ0v) is 12.7. The summed E-state index contributed by atoms with van der Waals surface area (Å²) in [6, 6.07) is 9.81. The van der Waals surface area contributed by atoms with Crippen molar-refractivity contribution in [1.29, 1.82) is 0 Å². The number of hydrogen-bond donors (Lipinski definition) is 1. The van der Waals surface area contributed by atoms with E-state index in [4.69, 9.17) is 0 Å². The van der Waals surface area contributed by atoms with E-state index in [9.17, 15) is 0 Å². The standard InChI is InChI=1S/C19H27N/c1-20-19(13-15-7-3-2-4-8-15)18-12-6-11-17(14-18)16-9-5-10-16/h6-7,11-12,14,16,19-20H,2-5,8-10,13H2,1H3. The Morgan fingerprint density at radius 2 is 2.10 bits per heavy atom. The van der Waals surface area contributed by atoms with Crippen molar-refractivity contribution in [3.63, 3.8) is 0 Å². The van der Waals surface area contributed by atoms with Crippen LogP contribution in [0, 0.1) is 0 Å². The highest BCUT2D eigenvalue weighted by Gasteiger charge is 2.21. The molecule has 1 heteroatoms. The van der Waals surface area contributed by atoms with Gasteiger partial charge < -0.3 is 5.32 Å². The number of benzene rings is 1. The van der Waals surface area contributed by atoms with Crippen LogP contribution in [-0.4, -0.2) is 7.05 Å². The molecule has 0 amide bonds. The second-order valence-electron chi connectivity index (χ2n) is 6.45. The minimum absolute atomic E-state index is 0.486. The van der Waals surface area contributed by atoms with E-state index in [1.807, 2.05) is 0 Å². The lowest BCUT2D eigenvalue weighted by atomic mass is 9.79. The van der Waals surface area contributed by atoms with Crippen LogP contribution in [0.1, 0.15) is 74.5 Å². The van der Waals surface area contributed by atoms with Crippen LogP contribution in [0.15, 0.2) is 35.9 Å². The van der Waals surface area contributed by atoms with Gasteiger partial charge in [-0.25, -0.2) is 0 Å². The second kappa shape index (κ2) is 6.58. The molecule has 108 valence electrons. The van der Waals surface area contributed by atoms with Gasteiger partial charge in [0.05, 0.1) is 0 Å². The molecule has 1 N–H and O–H groups in total. The molecule has 0 radical (unpaired) electrons. The molecule has 1 unspecified atom stereocenters. The number of hydrogen-bond acceptors (Lipinski definition) is 1. The predicted octanol–water partition coefficient (Wildman–Crippen LogP) is 5.11. The Bertz CT molecular complexity index is 470. The smallest absolute Gasteiger partial charge is 0.0355 e. The van der Waals surface area contributed by atoms with Crippen LogP contribution >= 0.6 is 0 Å². The lowest BCUT2D eigenvalue weighted by Gasteiger charge is -2.27. The first-order valence-electron chi connectivity index (χ1n) is 8.32. The zero-order valence-electron chi connectivity index (χ0n) is 12.7. The Balaban J connectivity index is 1.72. The minimum atomic E-state index is 0.486. The van der Waals surface area contributed by atoms with E-state index >= 15 is 0 Å². The third-order valence-corrected chi connectivity index (χ3v) is 5.09. The highest BCUT2D eigenvalue weighted by atomic mass is 14.9. The van der Waals surface area contributed by atoms with Crippen LogP contribution in [0.25, 0.3) is 0 Å². The van der Waals surface area contributed by atoms with Crippen molar-refractivity contribution in [3.05, 3.63) is 47.0 Å². The van der Waals surface area contributed by atoms with Crippen molar-refractivity contribution in [1.82, 2.24) is 5.32 Å². The number of nitrogens with one attached hydrogen (secondary N) is 1. The molecule has 1 atom stereocenters. The average Bonchev–Trinajstić information content (AvgIpc) is 2.44. The van der Waals surface area contributed by atoms with Gasteiger partial charge in [-0.3, -0.25) is 0 Å². The molecule has 1 aromatic rings. The van der Waals surface area contributed by atoms with E-state index in [1.54, 1.807) is 11.1 Å². The zero-order chi connectivity index (χ0) is 13.8. The Hall–Kier alpha value is -1.08. The fraction of sp³-hybridized carbons (Fsp3) is 0.579. The van der Waals surface area contributed by atoms with Crippen LogP contribution in [0.4, 0.5) is 0 Å². The largest absolute Gasteiger partial charge is 0.313 e. The molecule has 2 aliphatic rings. The van der Waals surface area contributed by atoms with Gasteiger partial charge in [-0.1, -0.05) is 42.3 Å². The molecule has 0 aliphatic heterocycles. The molecular formula is C19H27N. The third-order valence-electron chi connectivity index (χ3n) is 5.09. The van der Waals surface area contributed by atoms with Gasteiger partial charge >= 0.3 is 0 Å². The van der Waals surface area contributed by atoms with Crippen molar-refractivity contribution in [2.75, 3.05) is 7.05 Å². The summed E-state index contributed by atoms with van der Waals surface area (Å²) in [4.78, 5) is 0. The minimum Gasteiger partial charge on any atom is -0.313 e. The van der Waals surface area contributed by atoms with Crippen LogP contribution < -0.4 is 5.32 Å². The summed E-state index contributed by atoms with van der Waals surface area (Å²) in [6.07, 6.45) is 13.2. The van der Waals surface area contributed by atoms with Crippen LogP contribution in [0.3, 0.4) is 0 Å². The van der Waals surface area contributed by atoms with Crippen molar-refractivity contribution in [2.24, 2.45) is 0 Å². The molecule has 0 aromatic heterocycles. The van der Waals surface area contributed by atoms with Crippen molar-refractivity contribution in [3.8, 4) is 0 Å². The Morgan fingerprint density at radius 1 is 1.20 bits per heavy atom. The average molecular weight is 269 g/mol. The van der Waals surface area contributed by atoms with E-state index in [2.05, 4.69) is 42.7 Å². The molecule has 3 rings (SSSR count). The lowest BCUT2D eigenvalue weighted by molar-refractivity contribution is 0.419. The molecule has 2 aliphatic carbocycles. The Labute approximate surface area is 123 Å². The molecule has 1 nitrogen and oxygen atoms in total. The molecule has 0 saturated heterocycles. The van der Waals surface area contributed by atoms with Gasteiger partial charge in [-0.2, -0.15) is 0 Å². The summed E-state index contributed by atoms with van der Waals surface area (Å²) in [5.41, 5.74) is 4.69. The van der Waals surface area contributed by atoms with E-state index in [-0.39, 0.29) is 0 Å². The highest BCUT2D eigenvalue weighted by molar-refractivity contribution is 5.30. The van der Waals surface area contributed by atoms with Crippen molar-refractivity contribution >= 4 is 0 Å².